The van der Waals surface area contributed by atoms with Gasteiger partial charge in [-0.15, -0.1) is 0 Å². The van der Waals surface area contributed by atoms with Crippen LogP contribution in [0.5, 0.6) is 5.75 Å². The van der Waals surface area contributed by atoms with Gasteiger partial charge in [0, 0.05) is 30.5 Å². The number of hydrogen-bond donors (Lipinski definition) is 2. The summed E-state index contributed by atoms with van der Waals surface area (Å²) < 4.78 is 5.27. The van der Waals surface area contributed by atoms with Crippen molar-refractivity contribution in [3.05, 3.63) is 35.9 Å². The molecule has 28 heavy (non-hydrogen) atoms. The van der Waals surface area contributed by atoms with E-state index in [2.05, 4.69) is 16.3 Å². The quantitative estimate of drug-likeness (QED) is 0.592. The van der Waals surface area contributed by atoms with E-state index < -0.39 is 0 Å². The normalized spacial score (nSPS) is 34.0. The van der Waals surface area contributed by atoms with E-state index in [0.29, 0.717) is 6.04 Å². The van der Waals surface area contributed by atoms with Crippen LogP contribution in [0.25, 0.3) is 0 Å². The van der Waals surface area contributed by atoms with Gasteiger partial charge < -0.3 is 19.9 Å². The first-order valence-electron chi connectivity index (χ1n) is 11.0. The fourth-order valence-electron chi connectivity index (χ4n) is 6.29. The van der Waals surface area contributed by atoms with Crippen molar-refractivity contribution in [2.75, 3.05) is 32.1 Å². The number of thiocarbonyl (C=S) groups is 1. The molecule has 2 N–H and O–H groups in total. The predicted octanol–water partition coefficient (Wildman–Crippen LogP) is 2.87. The summed E-state index contributed by atoms with van der Waals surface area (Å²) in [5.74, 6) is 2.44. The van der Waals surface area contributed by atoms with Gasteiger partial charge in [-0.25, -0.2) is 0 Å². The third-order valence-corrected chi connectivity index (χ3v) is 7.80. The van der Waals surface area contributed by atoms with Crippen LogP contribution in [0, 0.1) is 11.8 Å². The summed E-state index contributed by atoms with van der Waals surface area (Å²) >= 11 is 5.90. The maximum Gasteiger partial charge on any atom is 0.173 e. The smallest absolute Gasteiger partial charge is 0.173 e. The van der Waals surface area contributed by atoms with Crippen LogP contribution >= 0.6 is 12.2 Å². The Morgan fingerprint density at radius 3 is 2.89 bits per heavy atom. The molecule has 0 radical (unpaired) electrons. The summed E-state index contributed by atoms with van der Waals surface area (Å²) in [5.41, 5.74) is 2.72. The molecule has 1 aromatic carbocycles. The molecule has 1 aromatic rings. The van der Waals surface area contributed by atoms with Crippen LogP contribution < -0.4 is 15.0 Å². The molecule has 150 valence electrons. The molecule has 4 nitrogen and oxygen atoms in total. The number of nitrogens with zero attached hydrogens (tertiary/aromatic N) is 1. The van der Waals surface area contributed by atoms with Crippen molar-refractivity contribution in [2.45, 2.75) is 50.6 Å². The maximum absolute atomic E-state index is 5.90. The van der Waals surface area contributed by atoms with Crippen LogP contribution in [0.3, 0.4) is 0 Å². The number of likely N-dealkylation sites (tertiary alicyclic amines) is 1. The molecular formula is C23H32N3OS+. The van der Waals surface area contributed by atoms with E-state index in [1.807, 2.05) is 29.2 Å². The average Bonchev–Trinajstić information content (AvgIpc) is 2.74. The van der Waals surface area contributed by atoms with Crippen LogP contribution in [0.2, 0.25) is 0 Å². The van der Waals surface area contributed by atoms with Crippen molar-refractivity contribution >= 4 is 23.0 Å². The van der Waals surface area contributed by atoms with Gasteiger partial charge >= 0.3 is 0 Å². The Bertz CT molecular complexity index is 762. The summed E-state index contributed by atoms with van der Waals surface area (Å²) in [5, 5.41) is 4.38. The van der Waals surface area contributed by atoms with Crippen LogP contribution in [0.1, 0.15) is 38.5 Å². The predicted molar refractivity (Wildman–Crippen MR) is 117 cm³/mol. The van der Waals surface area contributed by atoms with Crippen molar-refractivity contribution in [1.29, 1.82) is 0 Å². The minimum Gasteiger partial charge on any atom is -0.497 e. The molecule has 3 aliphatic heterocycles. The number of ether oxygens (including phenoxy) is 1. The lowest BCUT2D eigenvalue weighted by atomic mass is 9.68. The van der Waals surface area contributed by atoms with E-state index in [4.69, 9.17) is 17.0 Å². The fourth-order valence-corrected chi connectivity index (χ4v) is 6.61. The Labute approximate surface area is 173 Å². The Hall–Kier alpha value is -1.59. The van der Waals surface area contributed by atoms with Gasteiger partial charge in [-0.2, -0.15) is 0 Å². The monoisotopic (exact) mass is 398 g/mol. The minimum absolute atomic E-state index is 0.513. The zero-order chi connectivity index (χ0) is 19.1. The van der Waals surface area contributed by atoms with Crippen molar-refractivity contribution in [2.24, 2.45) is 11.8 Å². The highest BCUT2D eigenvalue weighted by atomic mass is 32.1. The first kappa shape index (κ1) is 18.4. The zero-order valence-electron chi connectivity index (χ0n) is 16.8. The maximum atomic E-state index is 5.90. The number of fused-ring (bicyclic) bond motifs is 6. The van der Waals surface area contributed by atoms with Gasteiger partial charge in [0.2, 0.25) is 0 Å². The molecule has 0 saturated carbocycles. The highest BCUT2D eigenvalue weighted by Crippen LogP contribution is 2.40. The number of rotatable bonds is 2. The van der Waals surface area contributed by atoms with Crippen molar-refractivity contribution in [1.82, 2.24) is 4.90 Å². The fraction of sp³-hybridized carbons (Fsp3) is 0.609. The highest BCUT2D eigenvalue weighted by molar-refractivity contribution is 7.80. The number of hydrogen-bond acceptors (Lipinski definition) is 2. The second-order valence-electron chi connectivity index (χ2n) is 9.02. The lowest BCUT2D eigenvalue weighted by Crippen LogP contribution is -3.19. The number of quaternary nitrogens is 1. The van der Waals surface area contributed by atoms with Gasteiger partial charge in [-0.1, -0.05) is 11.6 Å². The first-order valence-corrected chi connectivity index (χ1v) is 11.4. The molecule has 0 spiro atoms. The van der Waals surface area contributed by atoms with E-state index in [-0.39, 0.29) is 0 Å². The summed E-state index contributed by atoms with van der Waals surface area (Å²) in [6.45, 7) is 3.79. The van der Waals surface area contributed by atoms with E-state index in [9.17, 15) is 0 Å². The van der Waals surface area contributed by atoms with Gasteiger partial charge in [-0.3, -0.25) is 0 Å². The Morgan fingerprint density at radius 2 is 2.07 bits per heavy atom. The lowest BCUT2D eigenvalue weighted by molar-refractivity contribution is -0.943. The molecule has 5 atom stereocenters. The van der Waals surface area contributed by atoms with E-state index >= 15 is 0 Å². The molecule has 0 aromatic heterocycles. The molecule has 3 fully saturated rings. The van der Waals surface area contributed by atoms with Crippen LogP contribution in [0.15, 0.2) is 35.9 Å². The second-order valence-corrected chi connectivity index (χ2v) is 9.40. The third kappa shape index (κ3) is 3.33. The standard InChI is InChI=1S/C23H31N3OS/c1-27-20-9-7-19(8-10-20)24-23(28)26-12-4-5-16-13-17-14-18(22(16)26)15-25-11-3-2-6-21(17)25/h7-10,13,17-18,21-22H,2-6,11-12,14-15H2,1H3,(H,24,28)/p+1/t17-,18+,21-,22+/m1/s1. The number of nitrogens with one attached hydrogen (secondary N) is 2. The SMILES string of the molecule is COc1ccc(NC(=S)N2CCCC3=C[C@@H]4C[C@@H](C[NH+]5CCCC[C@H]45)[C@H]32)cc1. The number of benzene rings is 1. The van der Waals surface area contributed by atoms with Crippen molar-refractivity contribution in [3.63, 3.8) is 0 Å². The topological polar surface area (TPSA) is 28.9 Å². The summed E-state index contributed by atoms with van der Waals surface area (Å²) in [6, 6.07) is 9.46. The second kappa shape index (κ2) is 7.68. The number of piperidine rings is 3. The Morgan fingerprint density at radius 1 is 1.21 bits per heavy atom. The molecule has 5 rings (SSSR count). The van der Waals surface area contributed by atoms with E-state index in [0.717, 1.165) is 41.0 Å². The Kier molecular flexibility index (Phi) is 5.06. The van der Waals surface area contributed by atoms with Crippen LogP contribution in [-0.2, 0) is 0 Å². The minimum atomic E-state index is 0.513. The van der Waals surface area contributed by atoms with Gasteiger partial charge in [0.1, 0.15) is 5.75 Å². The zero-order valence-corrected chi connectivity index (χ0v) is 17.6. The molecule has 2 bridgehead atoms. The largest absolute Gasteiger partial charge is 0.497 e. The van der Waals surface area contributed by atoms with Gasteiger partial charge in [0.05, 0.1) is 32.3 Å². The van der Waals surface area contributed by atoms with Gasteiger partial charge in [0.15, 0.2) is 5.11 Å². The molecule has 1 unspecified atom stereocenters. The van der Waals surface area contributed by atoms with Crippen molar-refractivity contribution < 1.29 is 9.64 Å². The van der Waals surface area contributed by atoms with Crippen LogP contribution in [-0.4, -0.2) is 48.8 Å². The molecule has 1 aliphatic carbocycles. The molecular weight excluding hydrogens is 366 g/mol. The van der Waals surface area contributed by atoms with E-state index in [1.165, 1.54) is 51.6 Å². The molecule has 3 saturated heterocycles. The highest BCUT2D eigenvalue weighted by Gasteiger charge is 2.48. The number of anilines is 1. The molecule has 0 amide bonds. The number of methoxy groups -OCH3 is 1. The lowest BCUT2D eigenvalue weighted by Gasteiger charge is -2.53. The molecule has 5 heteroatoms. The molecule has 4 aliphatic rings. The summed E-state index contributed by atoms with van der Waals surface area (Å²) in [6.07, 6.45) is 10.8. The molecule has 3 heterocycles. The average molecular weight is 399 g/mol. The van der Waals surface area contributed by atoms with Gasteiger partial charge in [-0.05, 0) is 68.6 Å². The van der Waals surface area contributed by atoms with Crippen LogP contribution in [0.4, 0.5) is 5.69 Å². The third-order valence-electron chi connectivity index (χ3n) is 7.46. The summed E-state index contributed by atoms with van der Waals surface area (Å²) in [7, 11) is 1.70. The van der Waals surface area contributed by atoms with Gasteiger partial charge in [0.25, 0.3) is 0 Å². The first-order chi connectivity index (χ1) is 13.7. The summed E-state index contributed by atoms with van der Waals surface area (Å²) in [4.78, 5) is 4.38. The van der Waals surface area contributed by atoms with E-state index in [1.54, 1.807) is 12.7 Å². The Balaban J connectivity index is 1.35. The van der Waals surface area contributed by atoms with Crippen molar-refractivity contribution in [3.8, 4) is 5.75 Å².